The number of nitrogens with zero attached hydrogens (tertiary/aromatic N) is 8. The van der Waals surface area contributed by atoms with Crippen molar-refractivity contribution < 1.29 is 60.0 Å². The number of hydrogen-bond donors (Lipinski definition) is 2. The number of pyridine rings is 2. The molecular weight excluding hydrogens is 1060 g/mol. The number of carbonyl (C=O) groups excluding carboxylic acids is 1. The van der Waals surface area contributed by atoms with Gasteiger partial charge < -0.3 is 49.4 Å². The summed E-state index contributed by atoms with van der Waals surface area (Å²) in [6, 6.07) is 35.8. The zero-order valence-corrected chi connectivity index (χ0v) is 44.8. The molecule has 4 fully saturated rings. The molecule has 4 aliphatic rings. The second-order valence-corrected chi connectivity index (χ2v) is 21.0. The van der Waals surface area contributed by atoms with Crippen molar-refractivity contribution in [3.63, 3.8) is 0 Å². The molecule has 3 N–H and O–H groups in total. The van der Waals surface area contributed by atoms with Crippen molar-refractivity contribution in [2.75, 3.05) is 86.2 Å². The van der Waals surface area contributed by atoms with Gasteiger partial charge in [0.1, 0.15) is 28.6 Å². The second kappa shape index (κ2) is 22.1. The number of halogens is 6. The van der Waals surface area contributed by atoms with Gasteiger partial charge in [0, 0.05) is 123 Å². The average molecular weight is 1120 g/mol. The standard InChI is InChI=1S/C30H29F3N4O3.C19H20F3N3O.C10H10N2O3/c1-20-28(26-15-25(39-2)13-14-37(26)34-20)27(38)12-5-21-3-6-22(7-4-21)35-16-29(17-35)18-36(19-29)23-8-10-24(11-9-23)40-30(31,32)33;20-19(21,22)26-17-7-5-16(6-8-17)25-12-18(13-25)10-24(11-18)15-3-1-14(9-23)2-4-15;1-6-9(10(13)14)8-5-7(15-2)3-4-12(8)11-6/h3-4,6-11,13-15H,5,12,16-19H2,1-2H3;1-8H,9-13,23H2;3-5H,1-2H3,(H,13,14). The number of carbonyl (C=O) groups is 2. The van der Waals surface area contributed by atoms with Crippen LogP contribution in [0.25, 0.3) is 11.0 Å². The molecule has 12 rings (SSSR count). The second-order valence-electron chi connectivity index (χ2n) is 21.0. The first-order valence-corrected chi connectivity index (χ1v) is 26.0. The summed E-state index contributed by atoms with van der Waals surface area (Å²) in [7, 11) is 3.14. The molecule has 4 aromatic heterocycles. The quantitative estimate of drug-likeness (QED) is 0.0781. The van der Waals surface area contributed by atoms with Gasteiger partial charge in [0.15, 0.2) is 5.78 Å². The lowest BCUT2D eigenvalue weighted by molar-refractivity contribution is -0.275. The van der Waals surface area contributed by atoms with E-state index in [1.807, 2.05) is 19.1 Å². The van der Waals surface area contributed by atoms with Gasteiger partial charge in [-0.1, -0.05) is 24.3 Å². The SMILES string of the molecule is COc1ccn2nc(C)c(C(=O)CCc3ccc(N4CC5(C4)CN(c4ccc(OC(F)(F)F)cc4)C5)cc3)c2c1.COc1ccn2nc(C)c(C(=O)O)c2c1.NCc1ccc(N2CC3(C2)CN(c2ccc(OC(F)(F)F)cc2)C3)cc1. The van der Waals surface area contributed by atoms with E-state index in [1.165, 1.54) is 41.6 Å². The molecule has 4 aliphatic heterocycles. The van der Waals surface area contributed by atoms with E-state index in [4.69, 9.17) is 20.3 Å². The van der Waals surface area contributed by atoms with Crippen molar-refractivity contribution in [1.82, 2.24) is 19.2 Å². The molecule has 81 heavy (non-hydrogen) atoms. The lowest BCUT2D eigenvalue weighted by Gasteiger charge is -2.61. The van der Waals surface area contributed by atoms with Crippen LogP contribution in [0.15, 0.2) is 134 Å². The molecule has 16 nitrogen and oxygen atoms in total. The number of aryl methyl sites for hydroxylation is 3. The number of fused-ring (bicyclic) bond motifs is 2. The Morgan fingerprint density at radius 3 is 1.22 bits per heavy atom. The highest BCUT2D eigenvalue weighted by atomic mass is 19.4. The molecule has 0 saturated carbocycles. The molecule has 0 aliphatic carbocycles. The van der Waals surface area contributed by atoms with Gasteiger partial charge in [0.2, 0.25) is 0 Å². The van der Waals surface area contributed by atoms with E-state index in [0.717, 1.165) is 86.1 Å². The van der Waals surface area contributed by atoms with Crippen LogP contribution in [0.4, 0.5) is 49.1 Å². The average Bonchev–Trinajstić information content (AvgIpc) is 3.79. The molecular formula is C59H59F6N9O7. The molecule has 8 heterocycles. The Morgan fingerprint density at radius 1 is 0.531 bits per heavy atom. The van der Waals surface area contributed by atoms with Gasteiger partial charge in [-0.3, -0.25) is 4.79 Å². The molecule has 0 radical (unpaired) electrons. The molecule has 0 atom stereocenters. The maximum atomic E-state index is 13.1. The highest BCUT2D eigenvalue weighted by Gasteiger charge is 2.53. The number of ketones is 1. The van der Waals surface area contributed by atoms with Gasteiger partial charge in [-0.25, -0.2) is 13.8 Å². The van der Waals surface area contributed by atoms with Gasteiger partial charge in [-0.2, -0.15) is 10.2 Å². The van der Waals surface area contributed by atoms with E-state index in [-0.39, 0.29) is 33.7 Å². The zero-order valence-electron chi connectivity index (χ0n) is 44.8. The van der Waals surface area contributed by atoms with Crippen LogP contribution in [0.5, 0.6) is 23.0 Å². The maximum absolute atomic E-state index is 13.1. The van der Waals surface area contributed by atoms with Crippen LogP contribution in [-0.2, 0) is 13.0 Å². The van der Waals surface area contributed by atoms with Gasteiger partial charge in [0.25, 0.3) is 0 Å². The lowest BCUT2D eigenvalue weighted by Crippen LogP contribution is -2.72. The number of alkyl halides is 6. The van der Waals surface area contributed by atoms with Gasteiger partial charge in [-0.05, 0) is 116 Å². The summed E-state index contributed by atoms with van der Waals surface area (Å²) in [4.78, 5) is 33.1. The van der Waals surface area contributed by atoms with Crippen LogP contribution < -0.4 is 44.3 Å². The van der Waals surface area contributed by atoms with E-state index in [2.05, 4.69) is 87.8 Å². The molecule has 424 valence electrons. The summed E-state index contributed by atoms with van der Waals surface area (Å²) in [5, 5.41) is 17.6. The summed E-state index contributed by atoms with van der Waals surface area (Å²) < 4.78 is 95.2. The minimum Gasteiger partial charge on any atom is -0.497 e. The summed E-state index contributed by atoms with van der Waals surface area (Å²) in [6.45, 7) is 11.5. The number of carboxylic acids is 1. The predicted molar refractivity (Wildman–Crippen MR) is 293 cm³/mol. The summed E-state index contributed by atoms with van der Waals surface area (Å²) in [5.41, 5.74) is 15.9. The van der Waals surface area contributed by atoms with E-state index in [9.17, 15) is 35.9 Å². The fourth-order valence-corrected chi connectivity index (χ4v) is 11.2. The van der Waals surface area contributed by atoms with Crippen LogP contribution in [-0.4, -0.2) is 115 Å². The number of hydrogen-bond acceptors (Lipinski definition) is 13. The molecule has 0 amide bonds. The van der Waals surface area contributed by atoms with E-state index in [0.29, 0.717) is 53.4 Å². The van der Waals surface area contributed by atoms with Crippen LogP contribution >= 0.6 is 0 Å². The number of rotatable bonds is 14. The van der Waals surface area contributed by atoms with Crippen LogP contribution in [0.2, 0.25) is 0 Å². The third kappa shape index (κ3) is 12.4. The Labute approximate surface area is 462 Å². The topological polar surface area (TPSA) is 165 Å². The van der Waals surface area contributed by atoms with Crippen LogP contribution in [0.1, 0.15) is 49.7 Å². The maximum Gasteiger partial charge on any atom is 0.573 e. The van der Waals surface area contributed by atoms with Gasteiger partial charge >= 0.3 is 18.7 Å². The van der Waals surface area contributed by atoms with Crippen LogP contribution in [0.3, 0.4) is 0 Å². The first-order valence-electron chi connectivity index (χ1n) is 26.0. The van der Waals surface area contributed by atoms with Gasteiger partial charge in [-0.15, -0.1) is 26.3 Å². The van der Waals surface area contributed by atoms with Crippen molar-refractivity contribution in [3.8, 4) is 23.0 Å². The number of aromatic carboxylic acids is 1. The van der Waals surface area contributed by atoms with Crippen molar-refractivity contribution in [2.24, 2.45) is 16.6 Å². The minimum atomic E-state index is -4.68. The highest BCUT2D eigenvalue weighted by molar-refractivity contribution is 6.03. The van der Waals surface area contributed by atoms with Crippen molar-refractivity contribution in [3.05, 3.63) is 167 Å². The molecule has 4 saturated heterocycles. The monoisotopic (exact) mass is 1120 g/mol. The molecule has 0 unspecified atom stereocenters. The summed E-state index contributed by atoms with van der Waals surface area (Å²) in [6.07, 6.45) is -4.83. The number of anilines is 4. The van der Waals surface area contributed by atoms with E-state index < -0.39 is 18.7 Å². The number of benzene rings is 4. The zero-order chi connectivity index (χ0) is 57.4. The van der Waals surface area contributed by atoms with E-state index in [1.54, 1.807) is 67.3 Å². The highest BCUT2D eigenvalue weighted by Crippen LogP contribution is 2.46. The molecule has 22 heteroatoms. The first-order chi connectivity index (χ1) is 38.6. The number of methoxy groups -OCH3 is 2. The summed E-state index contributed by atoms with van der Waals surface area (Å²) >= 11 is 0. The minimum absolute atomic E-state index is 0.0616. The number of nitrogens with two attached hydrogens (primary N) is 1. The lowest BCUT2D eigenvalue weighted by atomic mass is 9.72. The van der Waals surface area contributed by atoms with Crippen molar-refractivity contribution in [2.45, 2.75) is 46.0 Å². The van der Waals surface area contributed by atoms with Crippen molar-refractivity contribution >= 4 is 45.5 Å². The number of Topliss-reactive ketones (excluding diaryl/α,β-unsaturated/α-hetero) is 1. The van der Waals surface area contributed by atoms with Gasteiger partial charge in [0.05, 0.1) is 42.2 Å². The summed E-state index contributed by atoms with van der Waals surface area (Å²) in [5.74, 6) is -0.00661. The fourth-order valence-electron chi connectivity index (χ4n) is 11.2. The Bertz CT molecular complexity index is 3530. The van der Waals surface area contributed by atoms with E-state index >= 15 is 0 Å². The number of ether oxygens (including phenoxy) is 4. The Balaban J connectivity index is 0.000000153. The molecule has 0 bridgehead atoms. The third-order valence-electron chi connectivity index (χ3n) is 15.1. The predicted octanol–water partition coefficient (Wildman–Crippen LogP) is 10.4. The molecule has 8 aromatic rings. The third-order valence-corrected chi connectivity index (χ3v) is 15.1. The Kier molecular flexibility index (Phi) is 15.2. The smallest absolute Gasteiger partial charge is 0.497 e. The van der Waals surface area contributed by atoms with Crippen LogP contribution in [0, 0.1) is 24.7 Å². The normalized spacial score (nSPS) is 15.8. The molecule has 4 aromatic carbocycles. The Morgan fingerprint density at radius 2 is 0.877 bits per heavy atom. The fraction of sp³-hybridized carbons (Fsp3) is 0.322. The number of aromatic nitrogens is 4. The first kappa shape index (κ1) is 55.6. The number of carboxylic acid groups (broad SMARTS) is 1. The largest absolute Gasteiger partial charge is 0.573 e. The molecule has 2 spiro atoms. The van der Waals surface area contributed by atoms with Crippen molar-refractivity contribution in [1.29, 1.82) is 0 Å². The Hall–Kier alpha value is -8.66.